The van der Waals surface area contributed by atoms with Crippen molar-refractivity contribution in [2.45, 2.75) is 6.92 Å². The number of aryl methyl sites for hydroxylation is 1. The highest BCUT2D eigenvalue weighted by atomic mass is 35.5. The average Bonchev–Trinajstić information content (AvgIpc) is 2.73. The fourth-order valence-corrected chi connectivity index (χ4v) is 3.58. The van der Waals surface area contributed by atoms with Gasteiger partial charge in [-0.2, -0.15) is 0 Å². The Bertz CT molecular complexity index is 1230. The molecule has 0 amide bonds. The lowest BCUT2D eigenvalue weighted by Gasteiger charge is -2.14. The van der Waals surface area contributed by atoms with Crippen LogP contribution in [0.4, 0.5) is 0 Å². The minimum absolute atomic E-state index is 0.135. The van der Waals surface area contributed by atoms with Gasteiger partial charge in [-0.1, -0.05) is 60.1 Å². The minimum atomic E-state index is -0.135. The molecule has 0 radical (unpaired) electrons. The number of phenols is 1. The lowest BCUT2D eigenvalue weighted by atomic mass is 9.92. The Kier molecular flexibility index (Phi) is 5.15. The number of phenolic OH excluding ortho intramolecular Hbond substituents is 1. The van der Waals surface area contributed by atoms with Crippen molar-refractivity contribution in [3.05, 3.63) is 101 Å². The summed E-state index contributed by atoms with van der Waals surface area (Å²) < 4.78 is 0. The number of carbonyl (C=O) groups is 1. The Hall–Kier alpha value is -3.43. The van der Waals surface area contributed by atoms with E-state index in [4.69, 9.17) is 11.6 Å². The smallest absolute Gasteiger partial charge is 0.188 e. The summed E-state index contributed by atoms with van der Waals surface area (Å²) in [5, 5.41) is 10.9. The monoisotopic (exact) mass is 399 g/mol. The van der Waals surface area contributed by atoms with Gasteiger partial charge in [0.05, 0.1) is 11.1 Å². The molecule has 0 spiro atoms. The van der Waals surface area contributed by atoms with Gasteiger partial charge >= 0.3 is 0 Å². The highest BCUT2D eigenvalue weighted by Gasteiger charge is 2.19. The average molecular weight is 400 g/mol. The second-order valence-corrected chi connectivity index (χ2v) is 7.20. The van der Waals surface area contributed by atoms with E-state index < -0.39 is 0 Å². The lowest BCUT2D eigenvalue weighted by molar-refractivity contribution is 0.104. The number of benzene rings is 3. The van der Waals surface area contributed by atoms with Crippen LogP contribution in [-0.2, 0) is 0 Å². The molecule has 0 saturated heterocycles. The van der Waals surface area contributed by atoms with Crippen LogP contribution < -0.4 is 0 Å². The van der Waals surface area contributed by atoms with Gasteiger partial charge in [-0.05, 0) is 54.5 Å². The zero-order valence-electron chi connectivity index (χ0n) is 15.8. The number of nitrogens with zero attached hydrogens (tertiary/aromatic N) is 1. The standard InChI is InChI=1S/C25H18ClNO2/c1-16-24(23(29)14-9-17-7-11-20(28)12-8-17)25(18-5-3-2-4-6-18)21-15-19(26)10-13-22(21)27-16/h2-15,28H,1H3/b14-9+. The van der Waals surface area contributed by atoms with Crippen LogP contribution in [-0.4, -0.2) is 15.9 Å². The maximum atomic E-state index is 13.2. The van der Waals surface area contributed by atoms with E-state index in [2.05, 4.69) is 4.98 Å². The van der Waals surface area contributed by atoms with Crippen LogP contribution in [0.2, 0.25) is 5.02 Å². The number of carbonyl (C=O) groups excluding carboxylic acids is 1. The van der Waals surface area contributed by atoms with E-state index in [0.717, 1.165) is 27.6 Å². The van der Waals surface area contributed by atoms with Crippen LogP contribution in [0.5, 0.6) is 5.75 Å². The maximum absolute atomic E-state index is 13.2. The van der Waals surface area contributed by atoms with Crippen molar-refractivity contribution in [2.24, 2.45) is 0 Å². The number of ketones is 1. The molecule has 0 unspecified atom stereocenters. The van der Waals surface area contributed by atoms with Gasteiger partial charge < -0.3 is 5.11 Å². The SMILES string of the molecule is Cc1nc2ccc(Cl)cc2c(-c2ccccc2)c1C(=O)/C=C/c1ccc(O)cc1. The Balaban J connectivity index is 1.90. The van der Waals surface area contributed by atoms with E-state index in [-0.39, 0.29) is 11.5 Å². The molecular weight excluding hydrogens is 382 g/mol. The first-order valence-corrected chi connectivity index (χ1v) is 9.57. The molecule has 0 aliphatic carbocycles. The summed E-state index contributed by atoms with van der Waals surface area (Å²) >= 11 is 6.26. The number of rotatable bonds is 4. The first-order valence-electron chi connectivity index (χ1n) is 9.19. The predicted molar refractivity (Wildman–Crippen MR) is 118 cm³/mol. The first-order chi connectivity index (χ1) is 14.0. The fraction of sp³-hybridized carbons (Fsp3) is 0.0400. The van der Waals surface area contributed by atoms with Crippen molar-refractivity contribution >= 4 is 34.4 Å². The van der Waals surface area contributed by atoms with Crippen LogP contribution >= 0.6 is 11.6 Å². The molecular formula is C25H18ClNO2. The van der Waals surface area contributed by atoms with Gasteiger partial charge in [-0.25, -0.2) is 0 Å². The highest BCUT2D eigenvalue weighted by Crippen LogP contribution is 2.35. The van der Waals surface area contributed by atoms with Crippen molar-refractivity contribution in [3.8, 4) is 16.9 Å². The predicted octanol–water partition coefficient (Wildman–Crippen LogP) is 6.47. The van der Waals surface area contributed by atoms with Gasteiger partial charge in [-0.15, -0.1) is 0 Å². The van der Waals surface area contributed by atoms with Gasteiger partial charge in [0.2, 0.25) is 0 Å². The fourth-order valence-electron chi connectivity index (χ4n) is 3.40. The summed E-state index contributed by atoms with van der Waals surface area (Å²) in [5.41, 5.74) is 4.61. The molecule has 142 valence electrons. The van der Waals surface area contributed by atoms with Gasteiger partial charge in [-0.3, -0.25) is 9.78 Å². The van der Waals surface area contributed by atoms with Crippen molar-refractivity contribution < 1.29 is 9.90 Å². The van der Waals surface area contributed by atoms with E-state index in [9.17, 15) is 9.90 Å². The molecule has 0 fully saturated rings. The summed E-state index contributed by atoms with van der Waals surface area (Å²) in [6, 6.07) is 22.0. The van der Waals surface area contributed by atoms with E-state index in [1.807, 2.05) is 49.4 Å². The first kappa shape index (κ1) is 18.9. The van der Waals surface area contributed by atoms with E-state index in [0.29, 0.717) is 16.3 Å². The number of hydrogen-bond donors (Lipinski definition) is 1. The zero-order chi connectivity index (χ0) is 20.4. The van der Waals surface area contributed by atoms with Crippen LogP contribution in [0, 0.1) is 6.92 Å². The quantitative estimate of drug-likeness (QED) is 0.316. The third kappa shape index (κ3) is 3.91. The van der Waals surface area contributed by atoms with E-state index in [1.165, 1.54) is 0 Å². The maximum Gasteiger partial charge on any atom is 0.188 e. The molecule has 0 aliphatic rings. The summed E-state index contributed by atoms with van der Waals surface area (Å²) in [6.45, 7) is 1.85. The van der Waals surface area contributed by atoms with Gasteiger partial charge in [0.1, 0.15) is 5.75 Å². The molecule has 3 aromatic carbocycles. The Morgan fingerprint density at radius 2 is 1.72 bits per heavy atom. The third-order valence-corrected chi connectivity index (χ3v) is 4.99. The molecule has 29 heavy (non-hydrogen) atoms. The molecule has 1 aromatic heterocycles. The molecule has 1 heterocycles. The summed E-state index contributed by atoms with van der Waals surface area (Å²) in [4.78, 5) is 17.9. The third-order valence-electron chi connectivity index (χ3n) is 4.76. The number of allylic oxidation sites excluding steroid dienone is 1. The normalized spacial score (nSPS) is 11.2. The second kappa shape index (κ2) is 7.90. The summed E-state index contributed by atoms with van der Waals surface area (Å²) in [7, 11) is 0. The molecule has 1 N–H and O–H groups in total. The minimum Gasteiger partial charge on any atom is -0.508 e. The van der Waals surface area contributed by atoms with Crippen molar-refractivity contribution in [2.75, 3.05) is 0 Å². The highest BCUT2D eigenvalue weighted by molar-refractivity contribution is 6.31. The number of pyridine rings is 1. The molecule has 4 rings (SSSR count). The van der Waals surface area contributed by atoms with Crippen molar-refractivity contribution in [1.82, 2.24) is 4.98 Å². The molecule has 4 heteroatoms. The van der Waals surface area contributed by atoms with Crippen molar-refractivity contribution in [1.29, 1.82) is 0 Å². The zero-order valence-corrected chi connectivity index (χ0v) is 16.5. The Morgan fingerprint density at radius 3 is 2.45 bits per heavy atom. The number of halogens is 1. The lowest BCUT2D eigenvalue weighted by Crippen LogP contribution is -2.05. The largest absolute Gasteiger partial charge is 0.508 e. The molecule has 0 saturated carbocycles. The number of aromatic hydroxyl groups is 1. The van der Waals surface area contributed by atoms with Crippen LogP contribution in [0.1, 0.15) is 21.6 Å². The van der Waals surface area contributed by atoms with Crippen LogP contribution in [0.3, 0.4) is 0 Å². The Morgan fingerprint density at radius 1 is 1.00 bits per heavy atom. The van der Waals surface area contributed by atoms with Gasteiger partial charge in [0, 0.05) is 21.7 Å². The van der Waals surface area contributed by atoms with Gasteiger partial charge in [0.25, 0.3) is 0 Å². The molecule has 0 bridgehead atoms. The molecule has 3 nitrogen and oxygen atoms in total. The van der Waals surface area contributed by atoms with Crippen molar-refractivity contribution in [3.63, 3.8) is 0 Å². The van der Waals surface area contributed by atoms with E-state index >= 15 is 0 Å². The molecule has 0 aliphatic heterocycles. The summed E-state index contributed by atoms with van der Waals surface area (Å²) in [5.74, 6) is 0.0510. The topological polar surface area (TPSA) is 50.2 Å². The number of fused-ring (bicyclic) bond motifs is 1. The van der Waals surface area contributed by atoms with Gasteiger partial charge in [0.15, 0.2) is 5.78 Å². The molecule has 0 atom stereocenters. The summed E-state index contributed by atoms with van der Waals surface area (Å²) in [6.07, 6.45) is 3.28. The second-order valence-electron chi connectivity index (χ2n) is 6.76. The number of aromatic nitrogens is 1. The molecule has 4 aromatic rings. The Labute approximate surface area is 173 Å². The van der Waals surface area contributed by atoms with Crippen LogP contribution in [0.15, 0.2) is 78.9 Å². The van der Waals surface area contributed by atoms with Crippen LogP contribution in [0.25, 0.3) is 28.1 Å². The number of hydrogen-bond acceptors (Lipinski definition) is 3. The van der Waals surface area contributed by atoms with E-state index in [1.54, 1.807) is 42.5 Å².